The molecule has 4 nitrogen and oxygen atoms in total. The van der Waals surface area contributed by atoms with E-state index in [4.69, 9.17) is 10.2 Å². The molecule has 0 fully saturated rings. The molecule has 0 atom stereocenters. The van der Waals surface area contributed by atoms with Gasteiger partial charge >= 0.3 is 0 Å². The zero-order valence-electron chi connectivity index (χ0n) is 13.2. The van der Waals surface area contributed by atoms with E-state index in [0.717, 1.165) is 12.1 Å². The van der Waals surface area contributed by atoms with Crippen LogP contribution in [0.1, 0.15) is 22.5 Å². The van der Waals surface area contributed by atoms with Crippen LogP contribution in [0, 0.1) is 17.5 Å². The summed E-state index contributed by atoms with van der Waals surface area (Å²) in [6.45, 7) is 0. The maximum Gasteiger partial charge on any atom is 0.200 e. The summed E-state index contributed by atoms with van der Waals surface area (Å²) < 4.78 is 48.0. The summed E-state index contributed by atoms with van der Waals surface area (Å²) in [5.41, 5.74) is 6.97. The van der Waals surface area contributed by atoms with Crippen LogP contribution >= 0.6 is 0 Å². The molecule has 1 aliphatic rings. The molecule has 1 aliphatic carbocycles. The number of halogens is 3. The Hall–Kier alpha value is -3.35. The van der Waals surface area contributed by atoms with E-state index in [9.17, 15) is 23.4 Å². The minimum Gasteiger partial charge on any atom is -0.508 e. The number of hydrogen-bond donors (Lipinski definition) is 3. The summed E-state index contributed by atoms with van der Waals surface area (Å²) in [7, 11) is 0. The van der Waals surface area contributed by atoms with Gasteiger partial charge in [-0.1, -0.05) is 0 Å². The summed E-state index contributed by atoms with van der Waals surface area (Å²) in [6, 6.07) is 5.95. The van der Waals surface area contributed by atoms with Gasteiger partial charge in [-0.25, -0.2) is 8.78 Å². The first-order chi connectivity index (χ1) is 12.4. The van der Waals surface area contributed by atoms with Crippen LogP contribution in [-0.4, -0.2) is 10.2 Å². The van der Waals surface area contributed by atoms with Crippen molar-refractivity contribution in [2.24, 2.45) is 0 Å². The molecular formula is C19H12F3NO3. The molecule has 4 N–H and O–H groups in total. The van der Waals surface area contributed by atoms with Crippen molar-refractivity contribution in [1.29, 1.82) is 0 Å². The van der Waals surface area contributed by atoms with E-state index >= 15 is 0 Å². The molecule has 7 heteroatoms. The Morgan fingerprint density at radius 1 is 0.962 bits per heavy atom. The third-order valence-corrected chi connectivity index (χ3v) is 4.41. The molecule has 132 valence electrons. The lowest BCUT2D eigenvalue weighted by molar-refractivity contribution is 0.406. The predicted octanol–water partition coefficient (Wildman–Crippen LogP) is 4.21. The van der Waals surface area contributed by atoms with Gasteiger partial charge in [-0.2, -0.15) is 4.39 Å². The van der Waals surface area contributed by atoms with Crippen molar-refractivity contribution < 1.29 is 27.8 Å². The maximum absolute atomic E-state index is 14.5. The molecule has 1 aromatic heterocycles. The number of fused-ring (bicyclic) bond motifs is 1. The van der Waals surface area contributed by atoms with Crippen molar-refractivity contribution in [1.82, 2.24) is 0 Å². The smallest absolute Gasteiger partial charge is 0.200 e. The number of aromatic hydroxyl groups is 2. The van der Waals surface area contributed by atoms with E-state index in [2.05, 4.69) is 0 Å². The van der Waals surface area contributed by atoms with Crippen LogP contribution < -0.4 is 5.73 Å². The first kappa shape index (κ1) is 16.1. The van der Waals surface area contributed by atoms with Crippen LogP contribution in [0.5, 0.6) is 11.5 Å². The maximum atomic E-state index is 14.5. The summed E-state index contributed by atoms with van der Waals surface area (Å²) in [4.78, 5) is 0. The number of anilines is 1. The van der Waals surface area contributed by atoms with Crippen molar-refractivity contribution in [3.63, 3.8) is 0 Å². The standard InChI is InChI=1S/C19H12F3NO3/c20-13-6-8(24)5-11-10(13)7-12(16(11)19-14(23)3-4-26-19)9-1-2-15(25)18(22)17(9)21/h1-6,24-25H,7,23H2. The highest BCUT2D eigenvalue weighted by atomic mass is 19.2. The second-order valence-electron chi connectivity index (χ2n) is 5.95. The average molecular weight is 359 g/mol. The van der Waals surface area contributed by atoms with E-state index in [1.807, 2.05) is 0 Å². The first-order valence-corrected chi connectivity index (χ1v) is 7.64. The highest BCUT2D eigenvalue weighted by Crippen LogP contribution is 2.47. The van der Waals surface area contributed by atoms with Gasteiger partial charge in [-0.3, -0.25) is 0 Å². The Kier molecular flexibility index (Phi) is 3.47. The van der Waals surface area contributed by atoms with Crippen LogP contribution in [0.25, 0.3) is 11.1 Å². The highest BCUT2D eigenvalue weighted by molar-refractivity contribution is 6.04. The number of nitrogen functional groups attached to an aromatic ring is 1. The van der Waals surface area contributed by atoms with Crippen LogP contribution in [0.4, 0.5) is 18.9 Å². The Morgan fingerprint density at radius 3 is 2.42 bits per heavy atom. The molecule has 0 bridgehead atoms. The molecule has 2 aromatic carbocycles. The highest BCUT2D eigenvalue weighted by Gasteiger charge is 2.32. The second-order valence-corrected chi connectivity index (χ2v) is 5.95. The molecule has 3 aromatic rings. The van der Waals surface area contributed by atoms with E-state index in [1.54, 1.807) is 0 Å². The van der Waals surface area contributed by atoms with Gasteiger partial charge < -0.3 is 20.4 Å². The van der Waals surface area contributed by atoms with E-state index in [-0.39, 0.29) is 51.5 Å². The van der Waals surface area contributed by atoms with E-state index in [0.29, 0.717) is 0 Å². The number of phenols is 2. The van der Waals surface area contributed by atoms with Gasteiger partial charge in [-0.05, 0) is 29.3 Å². The summed E-state index contributed by atoms with van der Waals surface area (Å²) in [5.74, 6) is -4.33. The lowest BCUT2D eigenvalue weighted by atomic mass is 9.97. The first-order valence-electron chi connectivity index (χ1n) is 7.64. The number of rotatable bonds is 2. The minimum atomic E-state index is -1.40. The van der Waals surface area contributed by atoms with Crippen LogP contribution in [0.3, 0.4) is 0 Å². The van der Waals surface area contributed by atoms with Gasteiger partial charge in [0, 0.05) is 35.3 Å². The molecule has 0 spiro atoms. The number of nitrogens with two attached hydrogens (primary N) is 1. The van der Waals surface area contributed by atoms with Gasteiger partial charge in [0.05, 0.1) is 12.0 Å². The van der Waals surface area contributed by atoms with Crippen molar-refractivity contribution in [2.75, 3.05) is 5.73 Å². The van der Waals surface area contributed by atoms with Crippen LogP contribution in [0.2, 0.25) is 0 Å². The quantitative estimate of drug-likeness (QED) is 0.641. The number of furan rings is 1. The van der Waals surface area contributed by atoms with Gasteiger partial charge in [0.1, 0.15) is 11.6 Å². The summed E-state index contributed by atoms with van der Waals surface area (Å²) in [5, 5.41) is 19.1. The predicted molar refractivity (Wildman–Crippen MR) is 88.8 cm³/mol. The largest absolute Gasteiger partial charge is 0.508 e. The molecule has 0 saturated heterocycles. The summed E-state index contributed by atoms with van der Waals surface area (Å²) >= 11 is 0. The third kappa shape index (κ3) is 2.24. The Bertz CT molecular complexity index is 1090. The number of phenolic OH excluding ortho intramolecular Hbond substituents is 2. The fraction of sp³-hybridized carbons (Fsp3) is 0.0526. The topological polar surface area (TPSA) is 79.6 Å². The number of allylic oxidation sites excluding steroid dienone is 1. The molecule has 0 amide bonds. The third-order valence-electron chi connectivity index (χ3n) is 4.41. The Morgan fingerprint density at radius 2 is 1.73 bits per heavy atom. The monoisotopic (exact) mass is 359 g/mol. The Labute approximate surface area is 145 Å². The normalized spacial score (nSPS) is 13.3. The number of benzene rings is 2. The molecule has 0 radical (unpaired) electrons. The summed E-state index contributed by atoms with van der Waals surface area (Å²) in [6.07, 6.45) is 1.26. The molecule has 0 unspecified atom stereocenters. The van der Waals surface area contributed by atoms with Crippen molar-refractivity contribution in [3.8, 4) is 11.5 Å². The SMILES string of the molecule is Nc1ccoc1C1=C(c2ccc(O)c(F)c2F)Cc2c(F)cc(O)cc21. The zero-order valence-corrected chi connectivity index (χ0v) is 13.2. The molecular weight excluding hydrogens is 347 g/mol. The van der Waals surface area contributed by atoms with Gasteiger partial charge in [0.15, 0.2) is 17.3 Å². The molecule has 1 heterocycles. The molecule has 4 rings (SSSR count). The minimum absolute atomic E-state index is 0.0575. The van der Waals surface area contributed by atoms with Crippen molar-refractivity contribution in [3.05, 3.63) is 76.5 Å². The van der Waals surface area contributed by atoms with Crippen molar-refractivity contribution >= 4 is 16.8 Å². The van der Waals surface area contributed by atoms with Gasteiger partial charge in [0.2, 0.25) is 5.82 Å². The fourth-order valence-corrected chi connectivity index (χ4v) is 3.24. The number of hydrogen-bond acceptors (Lipinski definition) is 4. The molecule has 0 aliphatic heterocycles. The van der Waals surface area contributed by atoms with E-state index < -0.39 is 23.2 Å². The lowest BCUT2D eigenvalue weighted by Gasteiger charge is -2.10. The zero-order chi connectivity index (χ0) is 18.6. The fourth-order valence-electron chi connectivity index (χ4n) is 3.24. The van der Waals surface area contributed by atoms with Gasteiger partial charge in [0.25, 0.3) is 0 Å². The average Bonchev–Trinajstić information content (AvgIpc) is 3.16. The van der Waals surface area contributed by atoms with E-state index in [1.165, 1.54) is 24.5 Å². The van der Waals surface area contributed by atoms with Crippen molar-refractivity contribution in [2.45, 2.75) is 6.42 Å². The molecule has 26 heavy (non-hydrogen) atoms. The Balaban J connectivity index is 2.05. The molecule has 0 saturated carbocycles. The van der Waals surface area contributed by atoms with Crippen LogP contribution in [0.15, 0.2) is 41.0 Å². The van der Waals surface area contributed by atoms with Gasteiger partial charge in [-0.15, -0.1) is 0 Å². The van der Waals surface area contributed by atoms with Crippen LogP contribution in [-0.2, 0) is 6.42 Å². The lowest BCUT2D eigenvalue weighted by Crippen LogP contribution is -1.97. The second kappa shape index (κ2) is 5.59.